The summed E-state index contributed by atoms with van der Waals surface area (Å²) in [6.07, 6.45) is -14.3. The fourth-order valence-corrected chi connectivity index (χ4v) is 0.815. The van der Waals surface area contributed by atoms with Crippen LogP contribution in [0.15, 0.2) is 35.5 Å². The minimum atomic E-state index is -4.88. The number of carbonyl (C=O) groups excluding carboxylic acids is 3. The maximum absolute atomic E-state index is 11.3. The molecule has 0 radical (unpaired) electrons. The third-order valence-corrected chi connectivity index (χ3v) is 1.86. The van der Waals surface area contributed by atoms with Crippen LogP contribution in [0.4, 0.5) is 39.5 Å². The van der Waals surface area contributed by atoms with E-state index in [9.17, 15) is 53.9 Å². The molecule has 0 spiro atoms. The zero-order valence-electron chi connectivity index (χ0n) is 15.7. The summed E-state index contributed by atoms with van der Waals surface area (Å²) in [6.45, 7) is 2.97. The Morgan fingerprint density at radius 2 is 0.645 bits per heavy atom. The smallest absolute Gasteiger partial charge is 0.454 e. The Morgan fingerprint density at radius 3 is 0.677 bits per heavy atom. The summed E-state index contributed by atoms with van der Waals surface area (Å²) in [7, 11) is 0. The number of carbonyl (C=O) groups is 3. The van der Waals surface area contributed by atoms with E-state index in [1.165, 1.54) is 0 Å². The Bertz CT molecular complexity index is 594. The first-order valence-electron chi connectivity index (χ1n) is 6.97. The predicted octanol–water partition coefficient (Wildman–Crippen LogP) is 4.74. The molecule has 3 N–H and O–H groups in total. The van der Waals surface area contributed by atoms with Crippen LogP contribution in [0.25, 0.3) is 0 Å². The molecule has 6 nitrogen and oxygen atoms in total. The van der Waals surface area contributed by atoms with Crippen LogP contribution < -0.4 is 0 Å². The van der Waals surface area contributed by atoms with E-state index in [1.807, 2.05) is 0 Å². The second-order valence-corrected chi connectivity index (χ2v) is 4.94. The van der Waals surface area contributed by atoms with Gasteiger partial charge in [-0.3, -0.25) is 14.4 Å². The number of alkyl halides is 9. The average molecular weight is 607 g/mol. The molecule has 0 aliphatic carbocycles. The van der Waals surface area contributed by atoms with Crippen molar-refractivity contribution in [3.63, 3.8) is 0 Å². The van der Waals surface area contributed by atoms with Crippen molar-refractivity contribution >= 4 is 17.3 Å². The van der Waals surface area contributed by atoms with Crippen molar-refractivity contribution in [2.75, 3.05) is 0 Å². The molecule has 0 unspecified atom stereocenters. The first-order chi connectivity index (χ1) is 13.0. The van der Waals surface area contributed by atoms with Crippen molar-refractivity contribution in [3.8, 4) is 0 Å². The minimum Gasteiger partial charge on any atom is -0.512 e. The second-order valence-electron chi connectivity index (χ2n) is 4.94. The number of hydrogen-bond donors (Lipinski definition) is 3. The van der Waals surface area contributed by atoms with Gasteiger partial charge >= 0.3 is 18.5 Å². The van der Waals surface area contributed by atoms with Crippen LogP contribution in [-0.2, 0) is 14.4 Å². The van der Waals surface area contributed by atoms with E-state index in [4.69, 9.17) is 15.3 Å². The standard InChI is InChI=1S/3C5H5F3O2.Nd/c3*1-3(9)2-4(10)5(6,7)8;/h3*2,9H,1H3;. The zero-order chi connectivity index (χ0) is 25.1. The van der Waals surface area contributed by atoms with E-state index >= 15 is 0 Å². The van der Waals surface area contributed by atoms with Gasteiger partial charge in [0.15, 0.2) is 0 Å². The van der Waals surface area contributed by atoms with Gasteiger partial charge in [-0.05, 0) is 20.8 Å². The molecule has 0 aliphatic rings. The van der Waals surface area contributed by atoms with Gasteiger partial charge in [0, 0.05) is 59.1 Å². The van der Waals surface area contributed by atoms with E-state index in [2.05, 4.69) is 0 Å². The molecule has 0 rings (SSSR count). The molecular weight excluding hydrogens is 591 g/mol. The number of hydrogen-bond acceptors (Lipinski definition) is 6. The van der Waals surface area contributed by atoms with Crippen molar-refractivity contribution in [2.45, 2.75) is 39.3 Å². The molecule has 0 fully saturated rings. The number of allylic oxidation sites excluding steroid dienone is 6. The summed E-state index contributed by atoms with van der Waals surface area (Å²) in [5, 5.41) is 24.7. The van der Waals surface area contributed by atoms with E-state index in [-0.39, 0.29) is 59.1 Å². The summed E-state index contributed by atoms with van der Waals surface area (Å²) in [5.74, 6) is -8.10. The number of halogens is 9. The van der Waals surface area contributed by atoms with Crippen LogP contribution in [0.5, 0.6) is 0 Å². The molecule has 0 aliphatic heterocycles. The molecule has 0 saturated heterocycles. The Labute approximate surface area is 201 Å². The van der Waals surface area contributed by atoms with Crippen molar-refractivity contribution in [2.24, 2.45) is 0 Å². The minimum absolute atomic E-state index is 0. The first-order valence-corrected chi connectivity index (χ1v) is 6.97. The van der Waals surface area contributed by atoms with E-state index in [0.717, 1.165) is 20.8 Å². The summed E-state index contributed by atoms with van der Waals surface area (Å²) < 4.78 is 102. The van der Waals surface area contributed by atoms with Gasteiger partial charge in [-0.15, -0.1) is 0 Å². The molecule has 0 bridgehead atoms. The van der Waals surface area contributed by atoms with Gasteiger partial charge < -0.3 is 15.3 Å². The maximum Gasteiger partial charge on any atom is 0.454 e. The zero-order valence-corrected chi connectivity index (χ0v) is 18.9. The van der Waals surface area contributed by atoms with Crippen LogP contribution >= 0.6 is 0 Å². The predicted molar refractivity (Wildman–Crippen MR) is 82.3 cm³/mol. The summed E-state index contributed by atoms with van der Waals surface area (Å²) in [4.78, 5) is 29.7. The SMILES string of the molecule is CC(O)=CC(=O)C(F)(F)F.CC(O)=CC(=O)C(F)(F)F.CC(O)=CC(=O)C(F)(F)F.[Nd]. The molecule has 0 saturated carbocycles. The largest absolute Gasteiger partial charge is 0.512 e. The van der Waals surface area contributed by atoms with E-state index in [1.54, 1.807) is 0 Å². The second kappa shape index (κ2) is 15.2. The van der Waals surface area contributed by atoms with Gasteiger partial charge in [0.05, 0.1) is 17.3 Å². The van der Waals surface area contributed by atoms with Gasteiger partial charge in [-0.25, -0.2) is 0 Å². The van der Waals surface area contributed by atoms with Gasteiger partial charge in [0.25, 0.3) is 17.3 Å². The normalized spacial score (nSPS) is 13.0. The molecular formula is C15H15F9NdO6. The summed E-state index contributed by atoms with van der Waals surface area (Å²) in [6, 6.07) is 0. The Hall–Kier alpha value is -1.65. The van der Waals surface area contributed by atoms with Crippen LogP contribution in [0, 0.1) is 40.8 Å². The van der Waals surface area contributed by atoms with Crippen molar-refractivity contribution in [1.29, 1.82) is 0 Å². The van der Waals surface area contributed by atoms with Crippen LogP contribution in [-0.4, -0.2) is 51.2 Å². The van der Waals surface area contributed by atoms with Crippen molar-refractivity contribution < 1.29 is 110 Å². The summed E-state index contributed by atoms with van der Waals surface area (Å²) >= 11 is 0. The molecule has 0 heterocycles. The molecule has 0 aromatic heterocycles. The van der Waals surface area contributed by atoms with Crippen LogP contribution in [0.3, 0.4) is 0 Å². The average Bonchev–Trinajstić information content (AvgIpc) is 2.43. The van der Waals surface area contributed by atoms with Gasteiger partial charge in [-0.2, -0.15) is 39.5 Å². The van der Waals surface area contributed by atoms with Gasteiger partial charge in [0.1, 0.15) is 0 Å². The number of rotatable bonds is 3. The molecule has 31 heavy (non-hydrogen) atoms. The topological polar surface area (TPSA) is 112 Å². The fraction of sp³-hybridized carbons (Fsp3) is 0.400. The van der Waals surface area contributed by atoms with Crippen LogP contribution in [0.1, 0.15) is 20.8 Å². The van der Waals surface area contributed by atoms with Crippen molar-refractivity contribution in [3.05, 3.63) is 35.5 Å². The molecule has 0 amide bonds. The molecule has 0 aromatic carbocycles. The Balaban J connectivity index is -0.000000174. The first kappa shape index (κ1) is 36.7. The number of aliphatic hydroxyl groups is 3. The van der Waals surface area contributed by atoms with Crippen molar-refractivity contribution in [1.82, 2.24) is 0 Å². The monoisotopic (exact) mass is 604 g/mol. The molecule has 0 atom stereocenters. The Morgan fingerprint density at radius 1 is 0.516 bits per heavy atom. The van der Waals surface area contributed by atoms with Gasteiger partial charge in [-0.1, -0.05) is 0 Å². The molecule has 178 valence electrons. The Kier molecular flexibility index (Phi) is 18.0. The third kappa shape index (κ3) is 24.5. The third-order valence-electron chi connectivity index (χ3n) is 1.86. The van der Waals surface area contributed by atoms with Crippen LogP contribution in [0.2, 0.25) is 0 Å². The maximum atomic E-state index is 11.3. The quantitative estimate of drug-likeness (QED) is 0.243. The number of aliphatic hydroxyl groups excluding tert-OH is 3. The fourth-order valence-electron chi connectivity index (χ4n) is 0.815. The summed E-state index contributed by atoms with van der Waals surface area (Å²) in [5.41, 5.74) is 0. The molecule has 0 aromatic rings. The molecule has 16 heteroatoms. The van der Waals surface area contributed by atoms with E-state index in [0.29, 0.717) is 0 Å². The number of ketones is 3. The van der Waals surface area contributed by atoms with E-state index < -0.39 is 53.2 Å². The van der Waals surface area contributed by atoms with Gasteiger partial charge in [0.2, 0.25) is 0 Å².